The summed E-state index contributed by atoms with van der Waals surface area (Å²) in [6.07, 6.45) is -0.418. The van der Waals surface area contributed by atoms with Crippen LogP contribution < -0.4 is 0 Å². The molecule has 1 atom stereocenters. The molecule has 0 aliphatic rings. The molecule has 0 amide bonds. The highest BCUT2D eigenvalue weighted by molar-refractivity contribution is 7.08. The molecule has 0 aliphatic carbocycles. The Morgan fingerprint density at radius 2 is 2.56 bits per heavy atom. The standard InChI is InChI=1S/C6H6O2S/c7-3-6(8)5-1-2-9-4-5/h1-4,6,8H. The van der Waals surface area contributed by atoms with Gasteiger partial charge in [-0.15, -0.1) is 0 Å². The van der Waals surface area contributed by atoms with Crippen molar-refractivity contribution >= 4 is 17.6 Å². The minimum absolute atomic E-state index is 0.516. The van der Waals surface area contributed by atoms with E-state index < -0.39 is 6.10 Å². The van der Waals surface area contributed by atoms with Crippen LogP contribution in [-0.4, -0.2) is 11.4 Å². The molecule has 1 unspecified atom stereocenters. The van der Waals surface area contributed by atoms with Crippen LogP contribution in [0.2, 0.25) is 0 Å². The minimum Gasteiger partial charge on any atom is -0.381 e. The van der Waals surface area contributed by atoms with Crippen molar-refractivity contribution in [1.82, 2.24) is 0 Å². The summed E-state index contributed by atoms with van der Waals surface area (Å²) in [6, 6.07) is 1.73. The topological polar surface area (TPSA) is 37.3 Å². The molecule has 0 bridgehead atoms. The Bertz CT molecular complexity index is 181. The van der Waals surface area contributed by atoms with E-state index in [0.29, 0.717) is 11.8 Å². The first kappa shape index (κ1) is 6.45. The van der Waals surface area contributed by atoms with Crippen LogP contribution in [0.15, 0.2) is 16.8 Å². The third-order valence-corrected chi connectivity index (χ3v) is 1.72. The third-order valence-electron chi connectivity index (χ3n) is 1.01. The van der Waals surface area contributed by atoms with Gasteiger partial charge in [0.2, 0.25) is 0 Å². The number of thiophene rings is 1. The van der Waals surface area contributed by atoms with Gasteiger partial charge in [-0.05, 0) is 22.4 Å². The Kier molecular flexibility index (Phi) is 1.97. The van der Waals surface area contributed by atoms with Gasteiger partial charge in [0.1, 0.15) is 6.10 Å². The average molecular weight is 142 g/mol. The van der Waals surface area contributed by atoms with Crippen LogP contribution in [0.5, 0.6) is 0 Å². The van der Waals surface area contributed by atoms with Crippen molar-refractivity contribution < 1.29 is 9.90 Å². The fraction of sp³-hybridized carbons (Fsp3) is 0.167. The van der Waals surface area contributed by atoms with E-state index in [-0.39, 0.29) is 0 Å². The lowest BCUT2D eigenvalue weighted by atomic mass is 10.2. The first-order valence-electron chi connectivity index (χ1n) is 2.50. The number of hydrogen-bond donors (Lipinski definition) is 1. The monoisotopic (exact) mass is 142 g/mol. The summed E-state index contributed by atoms with van der Waals surface area (Å²) in [5, 5.41) is 12.4. The van der Waals surface area contributed by atoms with E-state index in [0.717, 1.165) is 0 Å². The number of aliphatic hydroxyl groups is 1. The normalized spacial score (nSPS) is 13.0. The summed E-state index contributed by atoms with van der Waals surface area (Å²) < 4.78 is 0. The molecule has 9 heavy (non-hydrogen) atoms. The SMILES string of the molecule is O=CC(O)c1ccsc1. The van der Waals surface area contributed by atoms with Crippen LogP contribution in [0, 0.1) is 0 Å². The maximum absolute atomic E-state index is 9.96. The van der Waals surface area contributed by atoms with Crippen LogP contribution >= 0.6 is 11.3 Å². The fourth-order valence-corrected chi connectivity index (χ4v) is 1.21. The highest BCUT2D eigenvalue weighted by Crippen LogP contribution is 2.13. The van der Waals surface area contributed by atoms with E-state index in [4.69, 9.17) is 5.11 Å². The molecule has 1 aromatic rings. The molecule has 0 aliphatic heterocycles. The molecule has 0 spiro atoms. The second-order valence-electron chi connectivity index (χ2n) is 1.64. The van der Waals surface area contributed by atoms with Crippen LogP contribution in [-0.2, 0) is 4.79 Å². The second kappa shape index (κ2) is 2.75. The van der Waals surface area contributed by atoms with E-state index in [2.05, 4.69) is 0 Å². The molecule has 0 saturated carbocycles. The van der Waals surface area contributed by atoms with Crippen LogP contribution in [0.1, 0.15) is 11.7 Å². The van der Waals surface area contributed by atoms with E-state index in [1.54, 1.807) is 11.4 Å². The van der Waals surface area contributed by atoms with Crippen molar-refractivity contribution in [3.63, 3.8) is 0 Å². The summed E-state index contributed by atoms with van der Waals surface area (Å²) in [5.41, 5.74) is 0.676. The van der Waals surface area contributed by atoms with Gasteiger partial charge < -0.3 is 9.90 Å². The summed E-state index contributed by atoms with van der Waals surface area (Å²) in [7, 11) is 0. The molecule has 3 heteroatoms. The second-order valence-corrected chi connectivity index (χ2v) is 2.42. The Morgan fingerprint density at radius 1 is 1.78 bits per heavy atom. The van der Waals surface area contributed by atoms with Gasteiger partial charge in [0.25, 0.3) is 0 Å². The Morgan fingerprint density at radius 3 is 3.00 bits per heavy atom. The minimum atomic E-state index is -0.934. The Labute approximate surface area is 56.8 Å². The van der Waals surface area contributed by atoms with E-state index in [1.165, 1.54) is 11.3 Å². The Hall–Kier alpha value is -0.670. The maximum atomic E-state index is 9.96. The smallest absolute Gasteiger partial charge is 0.153 e. The molecule has 1 heterocycles. The highest BCUT2D eigenvalue weighted by atomic mass is 32.1. The quantitative estimate of drug-likeness (QED) is 0.625. The van der Waals surface area contributed by atoms with Crippen molar-refractivity contribution in [3.8, 4) is 0 Å². The lowest BCUT2D eigenvalue weighted by Gasteiger charge is -1.94. The van der Waals surface area contributed by atoms with Crippen LogP contribution in [0.3, 0.4) is 0 Å². The molecule has 1 aromatic heterocycles. The first-order valence-corrected chi connectivity index (χ1v) is 3.44. The van der Waals surface area contributed by atoms with Crippen molar-refractivity contribution in [3.05, 3.63) is 22.4 Å². The molecular weight excluding hydrogens is 136 g/mol. The lowest BCUT2D eigenvalue weighted by Crippen LogP contribution is -1.94. The first-order chi connectivity index (χ1) is 4.34. The molecule has 48 valence electrons. The van der Waals surface area contributed by atoms with Gasteiger partial charge in [-0.1, -0.05) is 0 Å². The van der Waals surface area contributed by atoms with Crippen LogP contribution in [0.4, 0.5) is 0 Å². The van der Waals surface area contributed by atoms with Crippen molar-refractivity contribution in [2.75, 3.05) is 0 Å². The summed E-state index contributed by atoms with van der Waals surface area (Å²) >= 11 is 1.46. The molecule has 1 N–H and O–H groups in total. The molecule has 0 fully saturated rings. The zero-order valence-corrected chi connectivity index (χ0v) is 5.47. The molecule has 0 radical (unpaired) electrons. The summed E-state index contributed by atoms with van der Waals surface area (Å²) in [6.45, 7) is 0. The van der Waals surface area contributed by atoms with E-state index >= 15 is 0 Å². The number of rotatable bonds is 2. The summed E-state index contributed by atoms with van der Waals surface area (Å²) in [5.74, 6) is 0. The zero-order valence-electron chi connectivity index (χ0n) is 4.65. The Balaban J connectivity index is 2.76. The van der Waals surface area contributed by atoms with Gasteiger partial charge in [0.15, 0.2) is 6.29 Å². The average Bonchev–Trinajstić information content (AvgIpc) is 2.37. The number of aliphatic hydroxyl groups excluding tert-OH is 1. The zero-order chi connectivity index (χ0) is 6.69. The molecular formula is C6H6O2S. The highest BCUT2D eigenvalue weighted by Gasteiger charge is 2.03. The molecule has 0 aromatic carbocycles. The molecule has 1 rings (SSSR count). The predicted octanol–water partition coefficient (Wildman–Crippen LogP) is 0.980. The lowest BCUT2D eigenvalue weighted by molar-refractivity contribution is -0.115. The molecule has 2 nitrogen and oxygen atoms in total. The van der Waals surface area contributed by atoms with Gasteiger partial charge >= 0.3 is 0 Å². The number of aldehydes is 1. The fourth-order valence-electron chi connectivity index (χ4n) is 0.522. The van der Waals surface area contributed by atoms with Crippen molar-refractivity contribution in [2.45, 2.75) is 6.10 Å². The third kappa shape index (κ3) is 1.37. The van der Waals surface area contributed by atoms with E-state index in [1.807, 2.05) is 5.38 Å². The van der Waals surface area contributed by atoms with Gasteiger partial charge in [0.05, 0.1) is 0 Å². The van der Waals surface area contributed by atoms with Gasteiger partial charge in [0, 0.05) is 0 Å². The number of hydrogen-bond acceptors (Lipinski definition) is 3. The number of carbonyl (C=O) groups is 1. The largest absolute Gasteiger partial charge is 0.381 e. The predicted molar refractivity (Wildman–Crippen MR) is 35.3 cm³/mol. The van der Waals surface area contributed by atoms with Crippen molar-refractivity contribution in [1.29, 1.82) is 0 Å². The van der Waals surface area contributed by atoms with Gasteiger partial charge in [-0.3, -0.25) is 0 Å². The molecule has 0 saturated heterocycles. The van der Waals surface area contributed by atoms with Crippen molar-refractivity contribution in [2.24, 2.45) is 0 Å². The van der Waals surface area contributed by atoms with Gasteiger partial charge in [-0.2, -0.15) is 11.3 Å². The van der Waals surface area contributed by atoms with E-state index in [9.17, 15) is 4.79 Å². The van der Waals surface area contributed by atoms with Gasteiger partial charge in [-0.25, -0.2) is 0 Å². The van der Waals surface area contributed by atoms with Crippen LogP contribution in [0.25, 0.3) is 0 Å². The summed E-state index contributed by atoms with van der Waals surface area (Å²) in [4.78, 5) is 9.96. The number of carbonyl (C=O) groups excluding carboxylic acids is 1. The maximum Gasteiger partial charge on any atom is 0.153 e.